The molecule has 1 aliphatic carbocycles. The van der Waals surface area contributed by atoms with Crippen LogP contribution in [0.2, 0.25) is 0 Å². The molecular weight excluding hydrogens is 256 g/mol. The van der Waals surface area contributed by atoms with Gasteiger partial charge in [0, 0.05) is 10.9 Å². The zero-order valence-corrected chi connectivity index (χ0v) is 10.4. The second-order valence-electron chi connectivity index (χ2n) is 4.21. The Morgan fingerprint density at radius 3 is 2.73 bits per heavy atom. The molecular formula is C12H15BrO2. The summed E-state index contributed by atoms with van der Waals surface area (Å²) < 4.78 is 6.22. The number of hydrogen-bond acceptors (Lipinski definition) is 2. The van der Waals surface area contributed by atoms with E-state index in [-0.39, 0.29) is 0 Å². The molecule has 0 unspecified atom stereocenters. The van der Waals surface area contributed by atoms with Gasteiger partial charge in [0.2, 0.25) is 0 Å². The van der Waals surface area contributed by atoms with Gasteiger partial charge in [-0.25, -0.2) is 0 Å². The maximum Gasteiger partial charge on any atom is 0.119 e. The number of aliphatic hydroxyl groups is 1. The van der Waals surface area contributed by atoms with E-state index in [0.29, 0.717) is 6.42 Å². The van der Waals surface area contributed by atoms with E-state index in [2.05, 4.69) is 15.9 Å². The van der Waals surface area contributed by atoms with Crippen LogP contribution in [0.1, 0.15) is 24.8 Å². The highest BCUT2D eigenvalue weighted by Gasteiger charge is 2.34. The van der Waals surface area contributed by atoms with Gasteiger partial charge in [0.1, 0.15) is 5.75 Å². The van der Waals surface area contributed by atoms with Gasteiger partial charge in [-0.2, -0.15) is 0 Å². The highest BCUT2D eigenvalue weighted by Crippen LogP contribution is 2.37. The molecule has 0 aromatic heterocycles. The molecule has 0 aliphatic heterocycles. The first-order valence-corrected chi connectivity index (χ1v) is 5.97. The number of halogens is 1. The van der Waals surface area contributed by atoms with E-state index in [4.69, 9.17) is 4.74 Å². The molecule has 0 bridgehead atoms. The Hall–Kier alpha value is -0.540. The fourth-order valence-electron chi connectivity index (χ4n) is 1.93. The Labute approximate surface area is 98.4 Å². The van der Waals surface area contributed by atoms with E-state index in [1.54, 1.807) is 7.11 Å². The van der Waals surface area contributed by atoms with Gasteiger partial charge in [-0.3, -0.25) is 0 Å². The smallest absolute Gasteiger partial charge is 0.119 e. The van der Waals surface area contributed by atoms with Crippen molar-refractivity contribution in [2.45, 2.75) is 31.3 Å². The topological polar surface area (TPSA) is 29.5 Å². The van der Waals surface area contributed by atoms with Crippen molar-refractivity contribution >= 4 is 15.9 Å². The summed E-state index contributed by atoms with van der Waals surface area (Å²) in [7, 11) is 1.66. The maximum absolute atomic E-state index is 10.1. The number of rotatable bonds is 3. The van der Waals surface area contributed by atoms with Crippen LogP contribution in [0, 0.1) is 0 Å². The SMILES string of the molecule is COc1ccc(Br)c(CC2(O)CCC2)c1. The van der Waals surface area contributed by atoms with Crippen molar-refractivity contribution in [2.75, 3.05) is 7.11 Å². The molecule has 0 atom stereocenters. The molecule has 2 nitrogen and oxygen atoms in total. The standard InChI is InChI=1S/C12H15BrO2/c1-15-10-3-4-11(13)9(7-10)8-12(14)5-2-6-12/h3-4,7,14H,2,5-6,8H2,1H3. The van der Waals surface area contributed by atoms with Crippen molar-refractivity contribution in [3.05, 3.63) is 28.2 Å². The first-order valence-electron chi connectivity index (χ1n) is 5.18. The average Bonchev–Trinajstić information content (AvgIpc) is 2.19. The lowest BCUT2D eigenvalue weighted by Crippen LogP contribution is -2.39. The third kappa shape index (κ3) is 2.34. The molecule has 0 saturated heterocycles. The van der Waals surface area contributed by atoms with Crippen molar-refractivity contribution in [2.24, 2.45) is 0 Å². The number of benzene rings is 1. The van der Waals surface area contributed by atoms with Crippen LogP contribution in [-0.4, -0.2) is 17.8 Å². The molecule has 1 saturated carbocycles. The number of hydrogen-bond donors (Lipinski definition) is 1. The van der Waals surface area contributed by atoms with Crippen LogP contribution < -0.4 is 4.74 Å². The lowest BCUT2D eigenvalue weighted by atomic mass is 9.76. The fourth-order valence-corrected chi connectivity index (χ4v) is 2.32. The molecule has 1 fully saturated rings. The van der Waals surface area contributed by atoms with E-state index in [1.807, 2.05) is 18.2 Å². The molecule has 0 amide bonds. The van der Waals surface area contributed by atoms with Crippen molar-refractivity contribution < 1.29 is 9.84 Å². The zero-order chi connectivity index (χ0) is 10.9. The summed E-state index contributed by atoms with van der Waals surface area (Å²) in [5, 5.41) is 10.1. The van der Waals surface area contributed by atoms with Crippen LogP contribution in [0.25, 0.3) is 0 Å². The van der Waals surface area contributed by atoms with Crippen LogP contribution in [0.5, 0.6) is 5.75 Å². The summed E-state index contributed by atoms with van der Waals surface area (Å²) in [4.78, 5) is 0. The molecule has 1 aromatic carbocycles. The molecule has 1 aromatic rings. The van der Waals surface area contributed by atoms with E-state index in [1.165, 1.54) is 0 Å². The molecule has 82 valence electrons. The monoisotopic (exact) mass is 270 g/mol. The van der Waals surface area contributed by atoms with Gasteiger partial charge < -0.3 is 9.84 Å². The molecule has 0 heterocycles. The summed E-state index contributed by atoms with van der Waals surface area (Å²) in [6.45, 7) is 0. The van der Waals surface area contributed by atoms with E-state index >= 15 is 0 Å². The second kappa shape index (κ2) is 4.14. The van der Waals surface area contributed by atoms with Crippen LogP contribution in [-0.2, 0) is 6.42 Å². The van der Waals surface area contributed by atoms with Crippen LogP contribution >= 0.6 is 15.9 Å². The average molecular weight is 271 g/mol. The maximum atomic E-state index is 10.1. The van der Waals surface area contributed by atoms with Gasteiger partial charge in [-0.05, 0) is 43.0 Å². The van der Waals surface area contributed by atoms with Crippen LogP contribution in [0.3, 0.4) is 0 Å². The number of methoxy groups -OCH3 is 1. The minimum atomic E-state index is -0.477. The van der Waals surface area contributed by atoms with Crippen molar-refractivity contribution in [1.82, 2.24) is 0 Å². The van der Waals surface area contributed by atoms with Gasteiger partial charge in [0.15, 0.2) is 0 Å². The summed E-state index contributed by atoms with van der Waals surface area (Å²) in [5.41, 5.74) is 0.645. The quantitative estimate of drug-likeness (QED) is 0.915. The van der Waals surface area contributed by atoms with Gasteiger partial charge >= 0.3 is 0 Å². The predicted octanol–water partition coefficient (Wildman–Crippen LogP) is 2.92. The highest BCUT2D eigenvalue weighted by atomic mass is 79.9. The van der Waals surface area contributed by atoms with Crippen molar-refractivity contribution in [3.8, 4) is 5.75 Å². The zero-order valence-electron chi connectivity index (χ0n) is 8.79. The molecule has 15 heavy (non-hydrogen) atoms. The summed E-state index contributed by atoms with van der Waals surface area (Å²) >= 11 is 3.50. The van der Waals surface area contributed by atoms with E-state index < -0.39 is 5.60 Å². The normalized spacial score (nSPS) is 18.3. The van der Waals surface area contributed by atoms with Gasteiger partial charge in [-0.1, -0.05) is 15.9 Å². The first-order chi connectivity index (χ1) is 7.13. The number of ether oxygens (including phenoxy) is 1. The summed E-state index contributed by atoms with van der Waals surface area (Å²) in [6.07, 6.45) is 3.68. The van der Waals surface area contributed by atoms with Crippen molar-refractivity contribution in [1.29, 1.82) is 0 Å². The molecule has 0 radical (unpaired) electrons. The molecule has 2 rings (SSSR count). The molecule has 1 aliphatic rings. The van der Waals surface area contributed by atoms with E-state index in [0.717, 1.165) is 35.0 Å². The third-order valence-corrected chi connectivity index (χ3v) is 3.83. The third-order valence-electron chi connectivity index (χ3n) is 3.06. The molecule has 1 N–H and O–H groups in total. The minimum Gasteiger partial charge on any atom is -0.497 e. The second-order valence-corrected chi connectivity index (χ2v) is 5.07. The fraction of sp³-hybridized carbons (Fsp3) is 0.500. The van der Waals surface area contributed by atoms with E-state index in [9.17, 15) is 5.11 Å². The summed E-state index contributed by atoms with van der Waals surface area (Å²) in [5.74, 6) is 0.844. The Morgan fingerprint density at radius 1 is 1.47 bits per heavy atom. The Kier molecular flexibility index (Phi) is 3.03. The summed E-state index contributed by atoms with van der Waals surface area (Å²) in [6, 6.07) is 5.87. The Bertz CT molecular complexity index is 359. The largest absolute Gasteiger partial charge is 0.497 e. The van der Waals surface area contributed by atoms with Gasteiger partial charge in [-0.15, -0.1) is 0 Å². The Balaban J connectivity index is 2.19. The lowest BCUT2D eigenvalue weighted by Gasteiger charge is -2.37. The Morgan fingerprint density at radius 2 is 2.20 bits per heavy atom. The van der Waals surface area contributed by atoms with Gasteiger partial charge in [0.25, 0.3) is 0 Å². The van der Waals surface area contributed by atoms with Crippen LogP contribution in [0.4, 0.5) is 0 Å². The molecule has 0 spiro atoms. The lowest BCUT2D eigenvalue weighted by molar-refractivity contribution is -0.0324. The first kappa shape index (κ1) is 11.0. The minimum absolute atomic E-state index is 0.477. The van der Waals surface area contributed by atoms with Crippen molar-refractivity contribution in [3.63, 3.8) is 0 Å². The predicted molar refractivity (Wildman–Crippen MR) is 63.2 cm³/mol. The highest BCUT2D eigenvalue weighted by molar-refractivity contribution is 9.10. The molecule has 3 heteroatoms. The van der Waals surface area contributed by atoms with Crippen LogP contribution in [0.15, 0.2) is 22.7 Å². The van der Waals surface area contributed by atoms with Gasteiger partial charge in [0.05, 0.1) is 12.7 Å².